The number of nitrogens with zero attached hydrogens (tertiary/aromatic N) is 4. The average molecular weight is 467 g/mol. The first-order valence-corrected chi connectivity index (χ1v) is 12.1. The van der Waals surface area contributed by atoms with E-state index in [0.717, 1.165) is 42.3 Å². The van der Waals surface area contributed by atoms with E-state index < -0.39 is 0 Å². The summed E-state index contributed by atoms with van der Waals surface area (Å²) < 4.78 is 7.64. The van der Waals surface area contributed by atoms with Crippen LogP contribution in [0.1, 0.15) is 15.9 Å². The summed E-state index contributed by atoms with van der Waals surface area (Å²) in [6.45, 7) is 6.58. The van der Waals surface area contributed by atoms with Crippen molar-refractivity contribution in [1.29, 1.82) is 0 Å². The van der Waals surface area contributed by atoms with Gasteiger partial charge in [0, 0.05) is 44.5 Å². The molecule has 0 atom stereocenters. The monoisotopic (exact) mass is 466 g/mol. The van der Waals surface area contributed by atoms with Gasteiger partial charge < -0.3 is 9.64 Å². The van der Waals surface area contributed by atoms with Crippen molar-refractivity contribution in [2.24, 2.45) is 0 Å². The zero-order valence-electron chi connectivity index (χ0n) is 20.0. The predicted molar refractivity (Wildman–Crippen MR) is 138 cm³/mol. The van der Waals surface area contributed by atoms with Crippen LogP contribution in [0.3, 0.4) is 0 Å². The van der Waals surface area contributed by atoms with Crippen LogP contribution in [0.5, 0.6) is 5.75 Å². The maximum Gasteiger partial charge on any atom is 0.257 e. The zero-order valence-corrected chi connectivity index (χ0v) is 20.0. The lowest BCUT2D eigenvalue weighted by Crippen LogP contribution is -2.49. The lowest BCUT2D eigenvalue weighted by atomic mass is 10.1. The van der Waals surface area contributed by atoms with Crippen LogP contribution in [0.4, 0.5) is 0 Å². The second-order valence-electron chi connectivity index (χ2n) is 8.83. The number of aromatic nitrogens is 2. The summed E-state index contributed by atoms with van der Waals surface area (Å²) in [4.78, 5) is 17.9. The SMILES string of the molecule is Cc1ccc(-c2nn(-c3ccccc3)cc2C(=O)N2CCN(CCOc3ccccc3)CC2)cc1. The molecule has 0 N–H and O–H groups in total. The molecular formula is C29H30N4O2. The molecule has 178 valence electrons. The maximum absolute atomic E-state index is 13.6. The third-order valence-electron chi connectivity index (χ3n) is 6.37. The van der Waals surface area contributed by atoms with Crippen molar-refractivity contribution in [2.75, 3.05) is 39.3 Å². The predicted octanol–water partition coefficient (Wildman–Crippen LogP) is 4.68. The van der Waals surface area contributed by atoms with Gasteiger partial charge in [-0.25, -0.2) is 4.68 Å². The first kappa shape index (κ1) is 22.9. The number of benzene rings is 3. The van der Waals surface area contributed by atoms with Gasteiger partial charge in [-0.2, -0.15) is 5.10 Å². The van der Waals surface area contributed by atoms with E-state index in [1.807, 2.05) is 83.9 Å². The Morgan fingerprint density at radius 3 is 2.20 bits per heavy atom. The van der Waals surface area contributed by atoms with Gasteiger partial charge in [-0.1, -0.05) is 66.2 Å². The molecule has 5 rings (SSSR count). The fourth-order valence-electron chi connectivity index (χ4n) is 4.32. The minimum atomic E-state index is 0.0305. The van der Waals surface area contributed by atoms with Crippen LogP contribution in [-0.4, -0.2) is 64.8 Å². The average Bonchev–Trinajstić information content (AvgIpc) is 3.36. The highest BCUT2D eigenvalue weighted by Gasteiger charge is 2.26. The molecule has 2 heterocycles. The largest absolute Gasteiger partial charge is 0.492 e. The summed E-state index contributed by atoms with van der Waals surface area (Å²) in [6.07, 6.45) is 1.87. The lowest BCUT2D eigenvalue weighted by molar-refractivity contribution is 0.0621. The highest BCUT2D eigenvalue weighted by atomic mass is 16.5. The van der Waals surface area contributed by atoms with Crippen molar-refractivity contribution < 1.29 is 9.53 Å². The van der Waals surface area contributed by atoms with Gasteiger partial charge in [0.25, 0.3) is 5.91 Å². The smallest absolute Gasteiger partial charge is 0.257 e. The van der Waals surface area contributed by atoms with Crippen molar-refractivity contribution in [3.63, 3.8) is 0 Å². The first-order valence-electron chi connectivity index (χ1n) is 12.1. The van der Waals surface area contributed by atoms with Gasteiger partial charge in [0.15, 0.2) is 0 Å². The number of para-hydroxylation sites is 2. The number of rotatable bonds is 7. The van der Waals surface area contributed by atoms with Crippen LogP contribution in [0, 0.1) is 6.92 Å². The number of carbonyl (C=O) groups is 1. The first-order chi connectivity index (χ1) is 17.2. The van der Waals surface area contributed by atoms with E-state index >= 15 is 0 Å². The molecule has 0 aliphatic carbocycles. The quantitative estimate of drug-likeness (QED) is 0.397. The summed E-state index contributed by atoms with van der Waals surface area (Å²) in [6, 6.07) is 28.0. The topological polar surface area (TPSA) is 50.6 Å². The molecule has 1 fully saturated rings. The van der Waals surface area contributed by atoms with E-state index in [4.69, 9.17) is 9.84 Å². The Morgan fingerprint density at radius 1 is 0.857 bits per heavy atom. The number of carbonyl (C=O) groups excluding carboxylic acids is 1. The standard InChI is InChI=1S/C29H30N4O2/c1-23-12-14-24(15-13-23)28-27(22-33(30-28)25-8-4-2-5-9-25)29(34)32-18-16-31(17-19-32)20-21-35-26-10-6-3-7-11-26/h2-15,22H,16-21H2,1H3. The summed E-state index contributed by atoms with van der Waals surface area (Å²) in [7, 11) is 0. The van der Waals surface area contributed by atoms with Crippen LogP contribution in [0.15, 0.2) is 91.1 Å². The van der Waals surface area contributed by atoms with Crippen LogP contribution >= 0.6 is 0 Å². The lowest BCUT2D eigenvalue weighted by Gasteiger charge is -2.34. The molecule has 0 spiro atoms. The van der Waals surface area contributed by atoms with Crippen molar-refractivity contribution in [3.8, 4) is 22.7 Å². The second kappa shape index (κ2) is 10.6. The molecule has 0 bridgehead atoms. The molecule has 4 aromatic rings. The number of piperazine rings is 1. The number of aryl methyl sites for hydroxylation is 1. The molecule has 1 aromatic heterocycles. The number of hydrogen-bond acceptors (Lipinski definition) is 4. The normalized spacial score (nSPS) is 14.1. The molecule has 1 saturated heterocycles. The van der Waals surface area contributed by atoms with E-state index in [9.17, 15) is 4.79 Å². The Labute approximate surface area is 206 Å². The van der Waals surface area contributed by atoms with E-state index in [0.29, 0.717) is 25.3 Å². The zero-order chi connectivity index (χ0) is 24.0. The fraction of sp³-hybridized carbons (Fsp3) is 0.241. The number of amides is 1. The highest BCUT2D eigenvalue weighted by molar-refractivity contribution is 6.00. The molecule has 35 heavy (non-hydrogen) atoms. The Morgan fingerprint density at radius 2 is 1.51 bits per heavy atom. The van der Waals surface area contributed by atoms with E-state index in [2.05, 4.69) is 24.0 Å². The van der Waals surface area contributed by atoms with Gasteiger partial charge in [0.1, 0.15) is 18.1 Å². The van der Waals surface area contributed by atoms with Gasteiger partial charge in [-0.15, -0.1) is 0 Å². The van der Waals surface area contributed by atoms with Gasteiger partial charge in [0.2, 0.25) is 0 Å². The molecule has 1 aliphatic heterocycles. The molecule has 0 unspecified atom stereocenters. The van der Waals surface area contributed by atoms with Crippen LogP contribution in [-0.2, 0) is 0 Å². The van der Waals surface area contributed by atoms with Crippen molar-refractivity contribution in [3.05, 3.63) is 102 Å². The molecule has 0 radical (unpaired) electrons. The van der Waals surface area contributed by atoms with Crippen molar-refractivity contribution in [1.82, 2.24) is 19.6 Å². The van der Waals surface area contributed by atoms with Gasteiger partial charge in [-0.05, 0) is 31.2 Å². The van der Waals surface area contributed by atoms with Crippen molar-refractivity contribution >= 4 is 5.91 Å². The van der Waals surface area contributed by atoms with E-state index in [1.165, 1.54) is 5.56 Å². The van der Waals surface area contributed by atoms with Gasteiger partial charge in [0.05, 0.1) is 11.3 Å². The summed E-state index contributed by atoms with van der Waals surface area (Å²) >= 11 is 0. The van der Waals surface area contributed by atoms with Gasteiger partial charge in [-0.3, -0.25) is 9.69 Å². The maximum atomic E-state index is 13.6. The van der Waals surface area contributed by atoms with Crippen molar-refractivity contribution in [2.45, 2.75) is 6.92 Å². The Bertz CT molecular complexity index is 1250. The Hall–Kier alpha value is -3.90. The van der Waals surface area contributed by atoms with Crippen LogP contribution in [0.2, 0.25) is 0 Å². The van der Waals surface area contributed by atoms with Crippen LogP contribution in [0.25, 0.3) is 16.9 Å². The Kier molecular flexibility index (Phi) is 6.91. The number of ether oxygens (including phenoxy) is 1. The second-order valence-corrected chi connectivity index (χ2v) is 8.83. The molecule has 1 amide bonds. The summed E-state index contributed by atoms with van der Waals surface area (Å²) in [5.74, 6) is 0.920. The fourth-order valence-corrected chi connectivity index (χ4v) is 4.32. The van der Waals surface area contributed by atoms with E-state index in [-0.39, 0.29) is 5.91 Å². The number of hydrogen-bond donors (Lipinski definition) is 0. The highest BCUT2D eigenvalue weighted by Crippen LogP contribution is 2.26. The van der Waals surface area contributed by atoms with E-state index in [1.54, 1.807) is 4.68 Å². The summed E-state index contributed by atoms with van der Waals surface area (Å²) in [5, 5.41) is 4.82. The molecule has 6 heteroatoms. The molecule has 1 aliphatic rings. The molecule has 0 saturated carbocycles. The van der Waals surface area contributed by atoms with Crippen LogP contribution < -0.4 is 4.74 Å². The molecule has 3 aromatic carbocycles. The van der Waals surface area contributed by atoms with Gasteiger partial charge >= 0.3 is 0 Å². The summed E-state index contributed by atoms with van der Waals surface area (Å²) in [5.41, 5.74) is 4.42. The minimum Gasteiger partial charge on any atom is -0.492 e. The Balaban J connectivity index is 1.28. The third-order valence-corrected chi connectivity index (χ3v) is 6.37. The molecular weight excluding hydrogens is 436 g/mol. The molecule has 6 nitrogen and oxygen atoms in total. The minimum absolute atomic E-state index is 0.0305. The third kappa shape index (κ3) is 5.44.